The molecule has 1 aromatic carbocycles. The molecular formula is C15H19NO3. The fourth-order valence-corrected chi connectivity index (χ4v) is 2.45. The van der Waals surface area contributed by atoms with Gasteiger partial charge >= 0.3 is 0 Å². The van der Waals surface area contributed by atoms with Crippen molar-refractivity contribution < 1.29 is 14.2 Å². The quantitative estimate of drug-likeness (QED) is 0.692. The lowest BCUT2D eigenvalue weighted by Crippen LogP contribution is -2.31. The minimum Gasteiger partial charge on any atom is -0.373 e. The first kappa shape index (κ1) is 11.7. The highest BCUT2D eigenvalue weighted by Crippen LogP contribution is 2.25. The highest BCUT2D eigenvalue weighted by Gasteiger charge is 2.31. The van der Waals surface area contributed by atoms with Gasteiger partial charge in [-0.2, -0.15) is 0 Å². The van der Waals surface area contributed by atoms with Crippen LogP contribution in [0.25, 0.3) is 0 Å². The van der Waals surface area contributed by atoms with Gasteiger partial charge in [0, 0.05) is 25.2 Å². The van der Waals surface area contributed by atoms with E-state index in [0.717, 1.165) is 39.3 Å². The summed E-state index contributed by atoms with van der Waals surface area (Å²) < 4.78 is 16.0. The Hall–Kier alpha value is -1.10. The molecule has 0 aliphatic carbocycles. The summed E-state index contributed by atoms with van der Waals surface area (Å²) >= 11 is 0. The van der Waals surface area contributed by atoms with Gasteiger partial charge in [0.15, 0.2) is 0 Å². The molecule has 0 spiro atoms. The number of hydrogen-bond donors (Lipinski definition) is 0. The first-order chi connectivity index (χ1) is 9.37. The van der Waals surface area contributed by atoms with E-state index in [1.165, 1.54) is 11.3 Å². The summed E-state index contributed by atoms with van der Waals surface area (Å²) in [6, 6.07) is 8.79. The predicted octanol–water partition coefficient (Wildman–Crippen LogP) is 1.23. The van der Waals surface area contributed by atoms with Crippen LogP contribution in [0.3, 0.4) is 0 Å². The first-order valence-corrected chi connectivity index (χ1v) is 7.05. The highest BCUT2D eigenvalue weighted by atomic mass is 16.6. The van der Waals surface area contributed by atoms with Crippen molar-refractivity contribution in [2.45, 2.75) is 24.7 Å². The molecule has 19 heavy (non-hydrogen) atoms. The highest BCUT2D eigenvalue weighted by molar-refractivity contribution is 5.49. The second-order valence-electron chi connectivity index (χ2n) is 5.65. The number of rotatable bonds is 7. The van der Waals surface area contributed by atoms with Crippen molar-refractivity contribution in [2.24, 2.45) is 0 Å². The Balaban J connectivity index is 1.48. The smallest absolute Gasteiger partial charge is 0.0984 e. The molecule has 4 heteroatoms. The fraction of sp³-hybridized carbons (Fsp3) is 0.600. The number of ether oxygens (including phenoxy) is 3. The van der Waals surface area contributed by atoms with Crippen molar-refractivity contribution in [1.29, 1.82) is 0 Å². The van der Waals surface area contributed by atoms with Gasteiger partial charge in [0.1, 0.15) is 0 Å². The van der Waals surface area contributed by atoms with Crippen molar-refractivity contribution in [3.8, 4) is 0 Å². The van der Waals surface area contributed by atoms with Crippen molar-refractivity contribution in [1.82, 2.24) is 0 Å². The summed E-state index contributed by atoms with van der Waals surface area (Å²) in [6.07, 6.45) is 2.30. The van der Waals surface area contributed by atoms with Gasteiger partial charge in [0.2, 0.25) is 0 Å². The van der Waals surface area contributed by atoms with Gasteiger partial charge in [0.05, 0.1) is 38.1 Å². The molecule has 3 atom stereocenters. The lowest BCUT2D eigenvalue weighted by Gasteiger charge is -2.23. The van der Waals surface area contributed by atoms with E-state index in [0.29, 0.717) is 18.3 Å². The summed E-state index contributed by atoms with van der Waals surface area (Å²) in [4.78, 5) is 2.40. The van der Waals surface area contributed by atoms with Gasteiger partial charge in [0.25, 0.3) is 0 Å². The molecule has 3 unspecified atom stereocenters. The van der Waals surface area contributed by atoms with Crippen molar-refractivity contribution >= 4 is 5.69 Å². The number of hydrogen-bond acceptors (Lipinski definition) is 4. The summed E-state index contributed by atoms with van der Waals surface area (Å²) in [5, 5.41) is 0. The molecule has 0 radical (unpaired) electrons. The molecule has 3 heterocycles. The fourth-order valence-electron chi connectivity index (χ4n) is 2.45. The molecule has 4 rings (SSSR count). The first-order valence-electron chi connectivity index (χ1n) is 7.05. The Bertz CT molecular complexity index is 438. The van der Waals surface area contributed by atoms with Crippen molar-refractivity contribution in [3.63, 3.8) is 0 Å². The molecule has 0 saturated carbocycles. The number of benzene rings is 1. The molecule has 0 aromatic heterocycles. The maximum absolute atomic E-state index is 5.36. The Kier molecular flexibility index (Phi) is 2.94. The van der Waals surface area contributed by atoms with Crippen LogP contribution in [0, 0.1) is 0 Å². The summed E-state index contributed by atoms with van der Waals surface area (Å²) in [7, 11) is 0. The van der Waals surface area contributed by atoms with Crippen molar-refractivity contribution in [3.05, 3.63) is 29.8 Å². The van der Waals surface area contributed by atoms with E-state index >= 15 is 0 Å². The largest absolute Gasteiger partial charge is 0.373 e. The van der Waals surface area contributed by atoms with E-state index in [2.05, 4.69) is 29.2 Å². The molecule has 0 bridgehead atoms. The van der Waals surface area contributed by atoms with E-state index in [-0.39, 0.29) is 0 Å². The summed E-state index contributed by atoms with van der Waals surface area (Å²) in [6.45, 7) is 4.67. The Morgan fingerprint density at radius 3 is 2.16 bits per heavy atom. The third-order valence-corrected chi connectivity index (χ3v) is 3.79. The van der Waals surface area contributed by atoms with Crippen LogP contribution >= 0.6 is 0 Å². The molecule has 1 aromatic rings. The minimum atomic E-state index is 0.411. The van der Waals surface area contributed by atoms with E-state index in [1.807, 2.05) is 0 Å². The van der Waals surface area contributed by atoms with Crippen LogP contribution in [0.4, 0.5) is 5.69 Å². The average Bonchev–Trinajstić information content (AvgIpc) is 3.23. The van der Waals surface area contributed by atoms with E-state index in [9.17, 15) is 0 Å². The molecule has 3 fully saturated rings. The van der Waals surface area contributed by atoms with Crippen LogP contribution in [0.5, 0.6) is 0 Å². The predicted molar refractivity (Wildman–Crippen MR) is 71.6 cm³/mol. The third kappa shape index (κ3) is 3.26. The molecule has 3 aliphatic heterocycles. The summed E-state index contributed by atoms with van der Waals surface area (Å²) in [5.74, 6) is 0. The zero-order chi connectivity index (χ0) is 12.7. The monoisotopic (exact) mass is 261 g/mol. The Morgan fingerprint density at radius 2 is 1.58 bits per heavy atom. The van der Waals surface area contributed by atoms with Crippen LogP contribution < -0.4 is 4.90 Å². The minimum absolute atomic E-state index is 0.411. The molecular weight excluding hydrogens is 242 g/mol. The average molecular weight is 261 g/mol. The normalized spacial score (nSPS) is 31.1. The van der Waals surface area contributed by atoms with Crippen LogP contribution in [0.2, 0.25) is 0 Å². The maximum atomic E-state index is 5.36. The zero-order valence-electron chi connectivity index (χ0n) is 11.0. The number of anilines is 1. The van der Waals surface area contributed by atoms with Crippen molar-refractivity contribution in [2.75, 3.05) is 37.8 Å². The molecule has 0 amide bonds. The van der Waals surface area contributed by atoms with Crippen LogP contribution in [0.1, 0.15) is 5.56 Å². The van der Waals surface area contributed by atoms with E-state index in [4.69, 9.17) is 14.2 Å². The lowest BCUT2D eigenvalue weighted by atomic mass is 10.1. The Morgan fingerprint density at radius 1 is 0.947 bits per heavy atom. The van der Waals surface area contributed by atoms with Crippen LogP contribution in [-0.4, -0.2) is 51.2 Å². The Labute approximate surface area is 113 Å². The standard InChI is InChI=1S/C15H19NO3/c1-2-11(5-13-8-17-13)4-12(3-1)16(6-14-9-18-14)7-15-10-19-15/h1-4,13-15H,5-10H2. The molecule has 3 saturated heterocycles. The maximum Gasteiger partial charge on any atom is 0.0984 e. The van der Waals surface area contributed by atoms with Gasteiger partial charge in [-0.25, -0.2) is 0 Å². The summed E-state index contributed by atoms with van der Waals surface area (Å²) in [5.41, 5.74) is 2.64. The van der Waals surface area contributed by atoms with Gasteiger partial charge in [-0.15, -0.1) is 0 Å². The second-order valence-corrected chi connectivity index (χ2v) is 5.65. The van der Waals surface area contributed by atoms with E-state index in [1.54, 1.807) is 0 Å². The zero-order valence-corrected chi connectivity index (χ0v) is 11.0. The molecule has 0 N–H and O–H groups in total. The molecule has 3 aliphatic rings. The number of nitrogens with zero attached hydrogens (tertiary/aromatic N) is 1. The van der Waals surface area contributed by atoms with Gasteiger partial charge in [-0.05, 0) is 17.7 Å². The number of epoxide rings is 3. The topological polar surface area (TPSA) is 40.8 Å². The van der Waals surface area contributed by atoms with Crippen LogP contribution in [-0.2, 0) is 20.6 Å². The van der Waals surface area contributed by atoms with Gasteiger partial charge < -0.3 is 19.1 Å². The van der Waals surface area contributed by atoms with E-state index < -0.39 is 0 Å². The second kappa shape index (κ2) is 4.78. The lowest BCUT2D eigenvalue weighted by molar-refractivity contribution is 0.389. The third-order valence-electron chi connectivity index (χ3n) is 3.79. The molecule has 102 valence electrons. The van der Waals surface area contributed by atoms with Crippen LogP contribution in [0.15, 0.2) is 24.3 Å². The SMILES string of the molecule is c1cc(CC2CO2)cc(N(CC2CO2)CC2CO2)c1. The molecule has 4 nitrogen and oxygen atoms in total. The van der Waals surface area contributed by atoms with Gasteiger partial charge in [-0.1, -0.05) is 12.1 Å². The van der Waals surface area contributed by atoms with Gasteiger partial charge in [-0.3, -0.25) is 0 Å².